The lowest BCUT2D eigenvalue weighted by molar-refractivity contribution is 0.323. The van der Waals surface area contributed by atoms with Crippen LogP contribution in [0.1, 0.15) is 17.5 Å². The summed E-state index contributed by atoms with van der Waals surface area (Å²) >= 11 is 1.69. The Hall–Kier alpha value is -3.12. The molecule has 0 fully saturated rings. The number of nitrogens with zero attached hydrogens (tertiary/aromatic N) is 2. The second-order valence-electron chi connectivity index (χ2n) is 6.77. The Morgan fingerprint density at radius 1 is 1.11 bits per heavy atom. The maximum Gasteiger partial charge on any atom is 0.151 e. The van der Waals surface area contributed by atoms with E-state index in [-0.39, 0.29) is 0 Å². The van der Waals surface area contributed by atoms with Gasteiger partial charge in [-0.1, -0.05) is 25.1 Å². The number of pyridine rings is 1. The van der Waals surface area contributed by atoms with Crippen LogP contribution in [-0.2, 0) is 12.8 Å². The van der Waals surface area contributed by atoms with E-state index in [1.54, 1.807) is 11.3 Å². The summed E-state index contributed by atoms with van der Waals surface area (Å²) < 4.78 is 7.11. The molecule has 0 atom stereocenters. The molecule has 6 heteroatoms. The Kier molecular flexibility index (Phi) is 4.13. The third-order valence-electron chi connectivity index (χ3n) is 4.99. The Balaban J connectivity index is 1.39. The Bertz CT molecular complexity index is 1300. The maximum absolute atomic E-state index is 6.15. The summed E-state index contributed by atoms with van der Waals surface area (Å²) in [5, 5.41) is 3.40. The van der Waals surface area contributed by atoms with Gasteiger partial charge in [-0.05, 0) is 30.2 Å². The molecule has 5 aromatic rings. The number of fused-ring (bicyclic) bond motifs is 4. The lowest BCUT2D eigenvalue weighted by atomic mass is 10.1. The van der Waals surface area contributed by atoms with Gasteiger partial charge in [-0.2, -0.15) is 0 Å². The minimum absolute atomic E-state index is 0.481. The number of thiazole rings is 1. The van der Waals surface area contributed by atoms with E-state index in [0.717, 1.165) is 50.2 Å². The number of nitrogen functional groups attached to an aromatic ring is 1. The van der Waals surface area contributed by atoms with Crippen LogP contribution in [-0.4, -0.2) is 21.6 Å². The van der Waals surface area contributed by atoms with Gasteiger partial charge >= 0.3 is 0 Å². The van der Waals surface area contributed by atoms with Crippen molar-refractivity contribution in [3.05, 3.63) is 59.2 Å². The predicted octanol–water partition coefficient (Wildman–Crippen LogP) is 5.09. The lowest BCUT2D eigenvalue weighted by Crippen LogP contribution is -2.01. The van der Waals surface area contributed by atoms with Gasteiger partial charge in [-0.15, -0.1) is 11.3 Å². The van der Waals surface area contributed by atoms with Crippen molar-refractivity contribution in [1.82, 2.24) is 15.0 Å². The van der Waals surface area contributed by atoms with E-state index in [1.165, 1.54) is 10.9 Å². The summed E-state index contributed by atoms with van der Waals surface area (Å²) in [4.78, 5) is 12.5. The molecule has 140 valence electrons. The van der Waals surface area contributed by atoms with Gasteiger partial charge in [0.25, 0.3) is 0 Å². The molecule has 3 N–H and O–H groups in total. The zero-order valence-corrected chi connectivity index (χ0v) is 16.3. The number of nitrogens with one attached hydrogen (secondary N) is 1. The molecule has 5 rings (SSSR count). The van der Waals surface area contributed by atoms with Crippen LogP contribution in [0.3, 0.4) is 0 Å². The molecule has 0 radical (unpaired) electrons. The first-order valence-corrected chi connectivity index (χ1v) is 10.2. The van der Waals surface area contributed by atoms with Crippen molar-refractivity contribution in [2.45, 2.75) is 19.8 Å². The summed E-state index contributed by atoms with van der Waals surface area (Å²) in [5.74, 6) is 1.29. The summed E-state index contributed by atoms with van der Waals surface area (Å²) in [6.07, 6.45) is 3.79. The van der Waals surface area contributed by atoms with Crippen LogP contribution in [0.4, 0.5) is 5.82 Å². The van der Waals surface area contributed by atoms with Crippen LogP contribution in [0.2, 0.25) is 0 Å². The van der Waals surface area contributed by atoms with Gasteiger partial charge in [0.1, 0.15) is 11.3 Å². The SMILES string of the molecule is CCc1nc2c(N)nc3cc(OCCc4c[nH]c5ccccc45)ccc3c2s1. The number of aryl methyl sites for hydroxylation is 1. The minimum atomic E-state index is 0.481. The summed E-state index contributed by atoms with van der Waals surface area (Å²) in [6.45, 7) is 2.70. The van der Waals surface area contributed by atoms with Crippen molar-refractivity contribution in [3.63, 3.8) is 0 Å². The van der Waals surface area contributed by atoms with E-state index in [2.05, 4.69) is 52.3 Å². The molecule has 0 saturated carbocycles. The molecule has 28 heavy (non-hydrogen) atoms. The number of ether oxygens (including phenoxy) is 1. The Labute approximate surface area is 166 Å². The zero-order chi connectivity index (χ0) is 19.1. The molecule has 5 nitrogen and oxygen atoms in total. The largest absolute Gasteiger partial charge is 0.493 e. The third kappa shape index (κ3) is 2.86. The number of hydrogen-bond donors (Lipinski definition) is 2. The second kappa shape index (κ2) is 6.80. The zero-order valence-electron chi connectivity index (χ0n) is 15.5. The number of benzene rings is 2. The summed E-state index contributed by atoms with van der Waals surface area (Å²) in [7, 11) is 0. The molecule has 2 aromatic carbocycles. The van der Waals surface area contributed by atoms with E-state index in [0.29, 0.717) is 12.4 Å². The average Bonchev–Trinajstić information content (AvgIpc) is 3.33. The highest BCUT2D eigenvalue weighted by Gasteiger charge is 2.12. The second-order valence-corrected chi connectivity index (χ2v) is 7.86. The highest BCUT2D eigenvalue weighted by molar-refractivity contribution is 7.19. The first-order chi connectivity index (χ1) is 13.7. The van der Waals surface area contributed by atoms with Gasteiger partial charge < -0.3 is 15.5 Å². The number of rotatable bonds is 5. The number of aromatic amines is 1. The van der Waals surface area contributed by atoms with E-state index in [9.17, 15) is 0 Å². The first-order valence-electron chi connectivity index (χ1n) is 9.39. The van der Waals surface area contributed by atoms with Crippen LogP contribution < -0.4 is 10.5 Å². The van der Waals surface area contributed by atoms with Crippen LogP contribution >= 0.6 is 11.3 Å². The number of para-hydroxylation sites is 1. The van der Waals surface area contributed by atoms with Gasteiger partial charge in [0, 0.05) is 35.0 Å². The topological polar surface area (TPSA) is 76.8 Å². The number of nitrogens with two attached hydrogens (primary N) is 1. The first kappa shape index (κ1) is 17.0. The standard InChI is InChI=1S/C22H20N4OS/c1-2-19-26-20-21(28-19)16-8-7-14(11-18(16)25-22(20)23)27-10-9-13-12-24-17-6-4-3-5-15(13)17/h3-8,11-12,24H,2,9-10H2,1H3,(H2,23,25). The minimum Gasteiger partial charge on any atom is -0.493 e. The van der Waals surface area contributed by atoms with Crippen molar-refractivity contribution in [2.24, 2.45) is 0 Å². The fraction of sp³-hybridized carbons (Fsp3) is 0.182. The molecular weight excluding hydrogens is 368 g/mol. The predicted molar refractivity (Wildman–Crippen MR) is 116 cm³/mol. The number of H-pyrrole nitrogens is 1. The van der Waals surface area contributed by atoms with Crippen molar-refractivity contribution in [2.75, 3.05) is 12.3 Å². The van der Waals surface area contributed by atoms with Crippen LogP contribution in [0, 0.1) is 0 Å². The van der Waals surface area contributed by atoms with Gasteiger partial charge in [-0.25, -0.2) is 9.97 Å². The smallest absolute Gasteiger partial charge is 0.151 e. The number of hydrogen-bond acceptors (Lipinski definition) is 5. The van der Waals surface area contributed by atoms with Gasteiger partial charge in [0.15, 0.2) is 5.82 Å². The molecule has 0 bridgehead atoms. The van der Waals surface area contributed by atoms with E-state index in [4.69, 9.17) is 10.5 Å². The highest BCUT2D eigenvalue weighted by Crippen LogP contribution is 2.34. The highest BCUT2D eigenvalue weighted by atomic mass is 32.1. The molecule has 0 aliphatic carbocycles. The van der Waals surface area contributed by atoms with Crippen LogP contribution in [0.15, 0.2) is 48.7 Å². The van der Waals surface area contributed by atoms with Gasteiger partial charge in [0.2, 0.25) is 0 Å². The quantitative estimate of drug-likeness (QED) is 0.439. The molecule has 0 spiro atoms. The molecule has 3 heterocycles. The molecular formula is C22H20N4OS. The summed E-state index contributed by atoms with van der Waals surface area (Å²) in [6, 6.07) is 14.3. The van der Waals surface area contributed by atoms with Gasteiger partial charge in [0.05, 0.1) is 21.8 Å². The van der Waals surface area contributed by atoms with Crippen LogP contribution in [0.25, 0.3) is 32.0 Å². The molecule has 0 unspecified atom stereocenters. The van der Waals surface area contributed by atoms with Gasteiger partial charge in [-0.3, -0.25) is 0 Å². The molecule has 0 saturated heterocycles. The normalized spacial score (nSPS) is 11.6. The van der Waals surface area contributed by atoms with Crippen LogP contribution in [0.5, 0.6) is 5.75 Å². The van der Waals surface area contributed by atoms with Crippen molar-refractivity contribution in [3.8, 4) is 5.75 Å². The third-order valence-corrected chi connectivity index (χ3v) is 6.22. The fourth-order valence-corrected chi connectivity index (χ4v) is 4.60. The molecule has 0 amide bonds. The monoisotopic (exact) mass is 388 g/mol. The van der Waals surface area contributed by atoms with E-state index >= 15 is 0 Å². The molecule has 0 aliphatic heterocycles. The van der Waals surface area contributed by atoms with E-state index < -0.39 is 0 Å². The fourth-order valence-electron chi connectivity index (χ4n) is 3.56. The Morgan fingerprint density at radius 3 is 2.89 bits per heavy atom. The molecule has 0 aliphatic rings. The molecule has 3 aromatic heterocycles. The van der Waals surface area contributed by atoms with E-state index in [1.807, 2.05) is 18.2 Å². The average molecular weight is 388 g/mol. The Morgan fingerprint density at radius 2 is 2.00 bits per heavy atom. The van der Waals surface area contributed by atoms with Crippen molar-refractivity contribution < 1.29 is 4.74 Å². The number of anilines is 1. The number of aromatic nitrogens is 3. The lowest BCUT2D eigenvalue weighted by Gasteiger charge is -2.08. The van der Waals surface area contributed by atoms with Crippen molar-refractivity contribution in [1.29, 1.82) is 0 Å². The maximum atomic E-state index is 6.15. The summed E-state index contributed by atoms with van der Waals surface area (Å²) in [5.41, 5.74) is 10.2. The van der Waals surface area contributed by atoms with Crippen molar-refractivity contribution >= 4 is 49.2 Å².